The number of nitrogens with zero attached hydrogens (tertiary/aromatic N) is 2. The second kappa shape index (κ2) is 12.8. The Morgan fingerprint density at radius 3 is 1.02 bits per heavy atom. The van der Waals surface area contributed by atoms with Gasteiger partial charge in [-0.25, -0.2) is 0 Å². The second-order valence-corrected chi connectivity index (χ2v) is 17.6. The van der Waals surface area contributed by atoms with Crippen LogP contribution in [0.25, 0.3) is 22.3 Å². The highest BCUT2D eigenvalue weighted by molar-refractivity contribution is 5.90. The number of anilines is 6. The van der Waals surface area contributed by atoms with E-state index in [0.29, 0.717) is 0 Å². The summed E-state index contributed by atoms with van der Waals surface area (Å²) in [6.45, 7) is 22.7. The van der Waals surface area contributed by atoms with Crippen molar-refractivity contribution in [3.05, 3.63) is 189 Å². The van der Waals surface area contributed by atoms with Gasteiger partial charge in [0.2, 0.25) is 0 Å². The Hall–Kier alpha value is -5.86. The van der Waals surface area contributed by atoms with Gasteiger partial charge in [0.05, 0.1) is 0 Å². The molecular formula is C54H52N2. The van der Waals surface area contributed by atoms with Crippen LogP contribution in [0.3, 0.4) is 0 Å². The van der Waals surface area contributed by atoms with Crippen LogP contribution in [-0.2, 0) is 10.8 Å². The van der Waals surface area contributed by atoms with Gasteiger partial charge in [-0.05, 0) is 158 Å². The first-order valence-electron chi connectivity index (χ1n) is 20.1. The quantitative estimate of drug-likeness (QED) is 0.168. The van der Waals surface area contributed by atoms with E-state index in [-0.39, 0.29) is 10.8 Å². The molecule has 0 spiro atoms. The monoisotopic (exact) mass is 728 g/mol. The number of fused-ring (bicyclic) bond motifs is 6. The van der Waals surface area contributed by atoms with Crippen LogP contribution in [0.5, 0.6) is 0 Å². The highest BCUT2D eigenvalue weighted by Gasteiger charge is 2.38. The molecule has 0 aliphatic heterocycles. The standard InChI is InChI=1S/C54H52N2/c1-33-11-16-39(17-12-33)55(51-25-14-34(2)27-37(51)5)40-18-22-45-46-24-20-42(32-50(46)54(9,10)49(45)30-40)56(52-26-15-35(3)28-38(52)6)41-19-23-44-43-21-13-36(4)29-47(43)53(7,8)48(44)31-41/h11-32H,1-10H3. The molecule has 0 radical (unpaired) electrons. The molecule has 0 aromatic heterocycles. The molecule has 9 rings (SSSR count). The molecule has 2 aliphatic carbocycles. The van der Waals surface area contributed by atoms with Crippen molar-refractivity contribution in [3.8, 4) is 22.3 Å². The van der Waals surface area contributed by atoms with Crippen molar-refractivity contribution < 1.29 is 0 Å². The van der Waals surface area contributed by atoms with Gasteiger partial charge in [-0.1, -0.05) is 123 Å². The summed E-state index contributed by atoms with van der Waals surface area (Å²) in [4.78, 5) is 4.92. The molecule has 0 amide bonds. The molecule has 0 unspecified atom stereocenters. The molecule has 0 saturated heterocycles. The van der Waals surface area contributed by atoms with Gasteiger partial charge < -0.3 is 9.80 Å². The Kier molecular flexibility index (Phi) is 8.22. The second-order valence-electron chi connectivity index (χ2n) is 17.6. The Morgan fingerprint density at radius 2 is 0.607 bits per heavy atom. The Balaban J connectivity index is 1.17. The van der Waals surface area contributed by atoms with Crippen LogP contribution in [-0.4, -0.2) is 0 Å². The lowest BCUT2D eigenvalue weighted by atomic mass is 9.81. The van der Waals surface area contributed by atoms with Gasteiger partial charge in [-0.3, -0.25) is 0 Å². The molecule has 2 nitrogen and oxygen atoms in total. The molecule has 7 aromatic carbocycles. The maximum absolute atomic E-state index is 2.49. The highest BCUT2D eigenvalue weighted by Crippen LogP contribution is 2.54. The summed E-state index contributed by atoms with van der Waals surface area (Å²) >= 11 is 0. The molecule has 0 fully saturated rings. The van der Waals surface area contributed by atoms with Gasteiger partial charge in [-0.15, -0.1) is 0 Å². The zero-order valence-electron chi connectivity index (χ0n) is 34.6. The molecule has 278 valence electrons. The molecule has 0 bridgehead atoms. The van der Waals surface area contributed by atoms with Crippen LogP contribution in [0, 0.1) is 41.5 Å². The lowest BCUT2D eigenvalue weighted by molar-refractivity contribution is 0.659. The van der Waals surface area contributed by atoms with Crippen molar-refractivity contribution in [1.29, 1.82) is 0 Å². The van der Waals surface area contributed by atoms with Gasteiger partial charge in [0.15, 0.2) is 0 Å². The van der Waals surface area contributed by atoms with E-state index in [0.717, 1.165) is 5.69 Å². The van der Waals surface area contributed by atoms with E-state index in [1.54, 1.807) is 0 Å². The third kappa shape index (κ3) is 5.61. The van der Waals surface area contributed by atoms with Crippen molar-refractivity contribution in [2.24, 2.45) is 0 Å². The SMILES string of the molecule is Cc1ccc(N(c2ccc3c(c2)C(C)(C)c2cc(N(c4ccc5c(c4)C(C)(C)c4cc(C)ccc4-5)c4ccc(C)cc4C)ccc2-3)c2ccc(C)cc2C)cc1. The summed E-state index contributed by atoms with van der Waals surface area (Å²) in [5.74, 6) is 0. The summed E-state index contributed by atoms with van der Waals surface area (Å²) in [5, 5.41) is 0. The minimum Gasteiger partial charge on any atom is -0.310 e. The molecule has 0 heterocycles. The Labute approximate surface area is 334 Å². The van der Waals surface area contributed by atoms with Gasteiger partial charge in [0.25, 0.3) is 0 Å². The number of hydrogen-bond acceptors (Lipinski definition) is 2. The predicted octanol–water partition coefficient (Wildman–Crippen LogP) is 15.1. The maximum Gasteiger partial charge on any atom is 0.0490 e. The van der Waals surface area contributed by atoms with Gasteiger partial charge >= 0.3 is 0 Å². The molecule has 7 aromatic rings. The third-order valence-electron chi connectivity index (χ3n) is 12.7. The number of rotatable bonds is 6. The normalized spacial score (nSPS) is 14.2. The van der Waals surface area contributed by atoms with Gasteiger partial charge in [0, 0.05) is 45.0 Å². The van der Waals surface area contributed by atoms with Crippen molar-refractivity contribution in [2.75, 3.05) is 9.80 Å². The minimum absolute atomic E-state index is 0.0937. The first kappa shape index (κ1) is 35.8. The summed E-state index contributed by atoms with van der Waals surface area (Å²) in [6, 6.07) is 50.9. The van der Waals surface area contributed by atoms with Gasteiger partial charge in [0.1, 0.15) is 0 Å². The van der Waals surface area contributed by atoms with E-state index in [1.165, 1.54) is 106 Å². The van der Waals surface area contributed by atoms with Crippen molar-refractivity contribution in [2.45, 2.75) is 80.1 Å². The molecule has 2 aliphatic rings. The Bertz CT molecular complexity index is 2710. The fourth-order valence-corrected chi connectivity index (χ4v) is 9.63. The van der Waals surface area contributed by atoms with Crippen molar-refractivity contribution >= 4 is 34.1 Å². The zero-order valence-corrected chi connectivity index (χ0v) is 34.6. The number of benzene rings is 7. The Morgan fingerprint density at radius 1 is 0.304 bits per heavy atom. The lowest BCUT2D eigenvalue weighted by Gasteiger charge is -2.31. The van der Waals surface area contributed by atoms with E-state index in [1.807, 2.05) is 0 Å². The van der Waals surface area contributed by atoms with Crippen LogP contribution in [0.4, 0.5) is 34.1 Å². The summed E-state index contributed by atoms with van der Waals surface area (Å²) in [6.07, 6.45) is 0. The van der Waals surface area contributed by atoms with Crippen LogP contribution >= 0.6 is 0 Å². The smallest absolute Gasteiger partial charge is 0.0490 e. The van der Waals surface area contributed by atoms with E-state index in [4.69, 9.17) is 0 Å². The van der Waals surface area contributed by atoms with Crippen LogP contribution < -0.4 is 9.80 Å². The first-order valence-corrected chi connectivity index (χ1v) is 20.1. The molecule has 0 saturated carbocycles. The summed E-state index contributed by atoms with van der Waals surface area (Å²) in [7, 11) is 0. The lowest BCUT2D eigenvalue weighted by Crippen LogP contribution is -2.19. The average molecular weight is 729 g/mol. The summed E-state index contributed by atoms with van der Waals surface area (Å²) in [5.41, 5.74) is 25.3. The predicted molar refractivity (Wildman–Crippen MR) is 239 cm³/mol. The van der Waals surface area contributed by atoms with Gasteiger partial charge in [-0.2, -0.15) is 0 Å². The maximum atomic E-state index is 2.49. The van der Waals surface area contributed by atoms with E-state index >= 15 is 0 Å². The third-order valence-corrected chi connectivity index (χ3v) is 12.7. The van der Waals surface area contributed by atoms with E-state index < -0.39 is 0 Å². The molecule has 0 atom stereocenters. The largest absolute Gasteiger partial charge is 0.310 e. The van der Waals surface area contributed by atoms with E-state index in [9.17, 15) is 0 Å². The fraction of sp³-hybridized carbons (Fsp3) is 0.222. The average Bonchev–Trinajstić information content (AvgIpc) is 3.52. The molecule has 2 heteroatoms. The topological polar surface area (TPSA) is 6.48 Å². The highest BCUT2D eigenvalue weighted by atomic mass is 15.2. The number of aryl methyl sites for hydroxylation is 6. The number of hydrogen-bond donors (Lipinski definition) is 0. The van der Waals surface area contributed by atoms with Crippen LogP contribution in [0.1, 0.15) is 83.3 Å². The van der Waals surface area contributed by atoms with Crippen molar-refractivity contribution in [1.82, 2.24) is 0 Å². The van der Waals surface area contributed by atoms with Crippen LogP contribution in [0.2, 0.25) is 0 Å². The fourth-order valence-electron chi connectivity index (χ4n) is 9.63. The van der Waals surface area contributed by atoms with Crippen LogP contribution in [0.15, 0.2) is 133 Å². The molecule has 56 heavy (non-hydrogen) atoms. The van der Waals surface area contributed by atoms with E-state index in [2.05, 4.69) is 212 Å². The zero-order chi connectivity index (χ0) is 39.3. The minimum atomic E-state index is -0.217. The molecule has 0 N–H and O–H groups in total. The van der Waals surface area contributed by atoms with Crippen molar-refractivity contribution in [3.63, 3.8) is 0 Å². The summed E-state index contributed by atoms with van der Waals surface area (Å²) < 4.78 is 0. The first-order chi connectivity index (χ1) is 26.7. The molecular weight excluding hydrogens is 677 g/mol.